The molecular formula is C13H19N3O2. The van der Waals surface area contributed by atoms with Crippen LogP contribution in [-0.4, -0.2) is 40.2 Å². The molecule has 0 bridgehead atoms. The van der Waals surface area contributed by atoms with Gasteiger partial charge in [-0.15, -0.1) is 0 Å². The number of nitrogens with one attached hydrogen (secondary N) is 1. The Bertz CT molecular complexity index is 422. The molecule has 1 fully saturated rings. The second kappa shape index (κ2) is 5.82. The fraction of sp³-hybridized carbons (Fsp3) is 0.538. The van der Waals surface area contributed by atoms with Crippen molar-refractivity contribution >= 4 is 6.03 Å². The van der Waals surface area contributed by atoms with Gasteiger partial charge in [0, 0.05) is 12.2 Å². The number of aliphatic hydroxyl groups is 1. The van der Waals surface area contributed by atoms with Crippen LogP contribution in [0.1, 0.15) is 24.2 Å². The number of rotatable bonds is 3. The van der Waals surface area contributed by atoms with Crippen LogP contribution >= 0.6 is 0 Å². The monoisotopic (exact) mass is 249 g/mol. The zero-order chi connectivity index (χ0) is 13.0. The molecule has 2 N–H and O–H groups in total. The molecule has 2 heterocycles. The van der Waals surface area contributed by atoms with E-state index in [0.29, 0.717) is 6.54 Å². The molecule has 5 heteroatoms. The van der Waals surface area contributed by atoms with E-state index in [1.165, 1.54) is 0 Å². The van der Waals surface area contributed by atoms with E-state index in [2.05, 4.69) is 10.3 Å². The zero-order valence-corrected chi connectivity index (χ0v) is 10.6. The van der Waals surface area contributed by atoms with E-state index in [4.69, 9.17) is 0 Å². The summed E-state index contributed by atoms with van der Waals surface area (Å²) in [4.78, 5) is 18.0. The van der Waals surface area contributed by atoms with Gasteiger partial charge < -0.3 is 15.3 Å². The molecule has 1 aliphatic rings. The molecule has 0 radical (unpaired) electrons. The van der Waals surface area contributed by atoms with Gasteiger partial charge in [0.1, 0.15) is 0 Å². The van der Waals surface area contributed by atoms with Crippen LogP contribution in [0.4, 0.5) is 4.79 Å². The van der Waals surface area contributed by atoms with Crippen LogP contribution in [0.2, 0.25) is 0 Å². The van der Waals surface area contributed by atoms with Gasteiger partial charge in [0.25, 0.3) is 0 Å². The number of aliphatic hydroxyl groups excluding tert-OH is 1. The lowest BCUT2D eigenvalue weighted by atomic mass is 10.2. The van der Waals surface area contributed by atoms with Crippen molar-refractivity contribution in [2.45, 2.75) is 32.4 Å². The highest BCUT2D eigenvalue weighted by molar-refractivity contribution is 5.74. The number of aryl methyl sites for hydroxylation is 1. The van der Waals surface area contributed by atoms with Crippen LogP contribution in [0.3, 0.4) is 0 Å². The summed E-state index contributed by atoms with van der Waals surface area (Å²) in [5.74, 6) is 0. The molecule has 1 unspecified atom stereocenters. The van der Waals surface area contributed by atoms with Crippen molar-refractivity contribution in [2.75, 3.05) is 13.2 Å². The van der Waals surface area contributed by atoms with Gasteiger partial charge in [-0.2, -0.15) is 0 Å². The van der Waals surface area contributed by atoms with Gasteiger partial charge in [-0.05, 0) is 31.9 Å². The molecule has 18 heavy (non-hydrogen) atoms. The van der Waals surface area contributed by atoms with Crippen LogP contribution in [0.5, 0.6) is 0 Å². The second-order valence-electron chi connectivity index (χ2n) is 4.60. The Hall–Kier alpha value is -1.62. The normalized spacial score (nSPS) is 19.0. The SMILES string of the molecule is Cc1cccc(CNC(=O)N2CCCC2CO)n1. The van der Waals surface area contributed by atoms with E-state index in [1.807, 2.05) is 25.1 Å². The first-order valence-electron chi connectivity index (χ1n) is 6.28. The lowest BCUT2D eigenvalue weighted by molar-refractivity contribution is 0.157. The Morgan fingerprint density at radius 1 is 1.61 bits per heavy atom. The molecule has 5 nitrogen and oxygen atoms in total. The minimum atomic E-state index is -0.116. The summed E-state index contributed by atoms with van der Waals surface area (Å²) in [5.41, 5.74) is 1.79. The third-order valence-corrected chi connectivity index (χ3v) is 3.22. The van der Waals surface area contributed by atoms with Crippen LogP contribution in [0, 0.1) is 6.92 Å². The summed E-state index contributed by atoms with van der Waals surface area (Å²) in [6.45, 7) is 3.11. The number of aromatic nitrogens is 1. The number of likely N-dealkylation sites (tertiary alicyclic amines) is 1. The van der Waals surface area contributed by atoms with Crippen LogP contribution in [0.15, 0.2) is 18.2 Å². The predicted molar refractivity (Wildman–Crippen MR) is 68.0 cm³/mol. The van der Waals surface area contributed by atoms with Crippen molar-refractivity contribution in [3.63, 3.8) is 0 Å². The fourth-order valence-corrected chi connectivity index (χ4v) is 2.26. The third kappa shape index (κ3) is 2.98. The van der Waals surface area contributed by atoms with Crippen molar-refractivity contribution < 1.29 is 9.90 Å². The van der Waals surface area contributed by atoms with Crippen molar-refractivity contribution in [1.29, 1.82) is 0 Å². The van der Waals surface area contributed by atoms with E-state index < -0.39 is 0 Å². The van der Waals surface area contributed by atoms with Gasteiger partial charge in [0.05, 0.1) is 24.9 Å². The smallest absolute Gasteiger partial charge is 0.318 e. The topological polar surface area (TPSA) is 65.5 Å². The highest BCUT2D eigenvalue weighted by Crippen LogP contribution is 2.16. The first kappa shape index (κ1) is 12.8. The number of nitrogens with zero attached hydrogens (tertiary/aromatic N) is 2. The summed E-state index contributed by atoms with van der Waals surface area (Å²) in [6.07, 6.45) is 1.84. The Morgan fingerprint density at radius 2 is 2.44 bits per heavy atom. The van der Waals surface area contributed by atoms with Gasteiger partial charge in [-0.1, -0.05) is 6.07 Å². The maximum Gasteiger partial charge on any atom is 0.318 e. The maximum atomic E-state index is 11.9. The lowest BCUT2D eigenvalue weighted by Gasteiger charge is -2.23. The predicted octanol–water partition coefficient (Wildman–Crippen LogP) is 1.06. The molecule has 1 aliphatic heterocycles. The molecule has 1 saturated heterocycles. The minimum Gasteiger partial charge on any atom is -0.394 e. The first-order valence-corrected chi connectivity index (χ1v) is 6.28. The van der Waals surface area contributed by atoms with Crippen molar-refractivity contribution in [2.24, 2.45) is 0 Å². The van der Waals surface area contributed by atoms with Crippen LogP contribution in [-0.2, 0) is 6.54 Å². The Labute approximate surface area is 107 Å². The molecule has 0 aromatic carbocycles. The highest BCUT2D eigenvalue weighted by atomic mass is 16.3. The van der Waals surface area contributed by atoms with Gasteiger partial charge in [0.15, 0.2) is 0 Å². The molecule has 1 aromatic rings. The summed E-state index contributed by atoms with van der Waals surface area (Å²) in [7, 11) is 0. The highest BCUT2D eigenvalue weighted by Gasteiger charge is 2.27. The molecule has 0 spiro atoms. The number of carbonyl (C=O) groups is 1. The van der Waals surface area contributed by atoms with Gasteiger partial charge >= 0.3 is 6.03 Å². The summed E-state index contributed by atoms with van der Waals surface area (Å²) < 4.78 is 0. The average Bonchev–Trinajstić information content (AvgIpc) is 2.84. The van der Waals surface area contributed by atoms with E-state index in [0.717, 1.165) is 30.8 Å². The van der Waals surface area contributed by atoms with Crippen molar-refractivity contribution in [3.8, 4) is 0 Å². The molecule has 1 atom stereocenters. The van der Waals surface area contributed by atoms with Crippen molar-refractivity contribution in [3.05, 3.63) is 29.6 Å². The maximum absolute atomic E-state index is 11.9. The summed E-state index contributed by atoms with van der Waals surface area (Å²) in [6, 6.07) is 5.59. The summed E-state index contributed by atoms with van der Waals surface area (Å²) in [5, 5.41) is 12.0. The fourth-order valence-electron chi connectivity index (χ4n) is 2.26. The quantitative estimate of drug-likeness (QED) is 0.841. The first-order chi connectivity index (χ1) is 8.70. The Kier molecular flexibility index (Phi) is 4.15. The molecule has 2 amide bonds. The molecular weight excluding hydrogens is 230 g/mol. The lowest BCUT2D eigenvalue weighted by Crippen LogP contribution is -2.43. The average molecular weight is 249 g/mol. The van der Waals surface area contributed by atoms with Crippen LogP contribution in [0.25, 0.3) is 0 Å². The number of hydrogen-bond donors (Lipinski definition) is 2. The standard InChI is InChI=1S/C13H19N3O2/c1-10-4-2-5-11(15-10)8-14-13(18)16-7-3-6-12(16)9-17/h2,4-5,12,17H,3,6-9H2,1H3,(H,14,18). The van der Waals surface area contributed by atoms with E-state index in [-0.39, 0.29) is 18.7 Å². The largest absolute Gasteiger partial charge is 0.394 e. The van der Waals surface area contributed by atoms with Gasteiger partial charge in [-0.3, -0.25) is 4.98 Å². The van der Waals surface area contributed by atoms with Gasteiger partial charge in [-0.25, -0.2) is 4.79 Å². The van der Waals surface area contributed by atoms with Crippen molar-refractivity contribution in [1.82, 2.24) is 15.2 Å². The summed E-state index contributed by atoms with van der Waals surface area (Å²) >= 11 is 0. The third-order valence-electron chi connectivity index (χ3n) is 3.22. The number of amides is 2. The van der Waals surface area contributed by atoms with Gasteiger partial charge in [0.2, 0.25) is 0 Å². The molecule has 2 rings (SSSR count). The molecule has 0 aliphatic carbocycles. The number of hydrogen-bond acceptors (Lipinski definition) is 3. The zero-order valence-electron chi connectivity index (χ0n) is 10.6. The number of pyridine rings is 1. The second-order valence-corrected chi connectivity index (χ2v) is 4.60. The van der Waals surface area contributed by atoms with E-state index in [9.17, 15) is 9.90 Å². The van der Waals surface area contributed by atoms with E-state index >= 15 is 0 Å². The number of urea groups is 1. The Morgan fingerprint density at radius 3 is 3.17 bits per heavy atom. The molecule has 98 valence electrons. The Balaban J connectivity index is 1.88. The minimum absolute atomic E-state index is 0.0320. The van der Waals surface area contributed by atoms with Crippen LogP contribution < -0.4 is 5.32 Å². The van der Waals surface area contributed by atoms with E-state index in [1.54, 1.807) is 4.90 Å². The molecule has 0 saturated carbocycles. The molecule has 1 aromatic heterocycles. The number of carbonyl (C=O) groups excluding carboxylic acids is 1.